The molecule has 0 aromatic heterocycles. The summed E-state index contributed by atoms with van der Waals surface area (Å²) in [5.41, 5.74) is 0.319. The van der Waals surface area contributed by atoms with Crippen molar-refractivity contribution in [2.45, 2.75) is 11.8 Å². The fourth-order valence-corrected chi connectivity index (χ4v) is 2.53. The number of carbonyl (C=O) groups is 2. The number of nitriles is 2. The van der Waals surface area contributed by atoms with Crippen molar-refractivity contribution < 1.29 is 9.59 Å². The Morgan fingerprint density at radius 2 is 1.60 bits per heavy atom. The third-order valence-corrected chi connectivity index (χ3v) is 3.71. The van der Waals surface area contributed by atoms with Crippen LogP contribution in [0.1, 0.15) is 5.56 Å². The van der Waals surface area contributed by atoms with Crippen LogP contribution < -0.4 is 0 Å². The first-order valence-corrected chi connectivity index (χ1v) is 6.48. The fourth-order valence-electron chi connectivity index (χ4n) is 1.64. The molecule has 0 amide bonds. The molecule has 2 rings (SSSR count). The first-order valence-electron chi connectivity index (χ1n) is 5.66. The standard InChI is InChI=1S/C15H8N2O2S/c1-9-2-4-10(5-3-9)20-14-6-13(18)11(7-16)12(8-17)15(14)19/h2-6H,1H3. The maximum Gasteiger partial charge on any atom is 0.211 e. The van der Waals surface area contributed by atoms with E-state index in [1.165, 1.54) is 0 Å². The molecular formula is C15H8N2O2S. The zero-order valence-corrected chi connectivity index (χ0v) is 11.3. The van der Waals surface area contributed by atoms with Crippen LogP contribution in [0.25, 0.3) is 0 Å². The molecule has 0 N–H and O–H groups in total. The third kappa shape index (κ3) is 2.54. The Kier molecular flexibility index (Phi) is 3.84. The summed E-state index contributed by atoms with van der Waals surface area (Å²) in [6.07, 6.45) is 1.12. The van der Waals surface area contributed by atoms with E-state index < -0.39 is 11.6 Å². The molecule has 0 saturated carbocycles. The van der Waals surface area contributed by atoms with Gasteiger partial charge in [0.1, 0.15) is 23.3 Å². The zero-order valence-electron chi connectivity index (χ0n) is 10.5. The number of rotatable bonds is 2. The lowest BCUT2D eigenvalue weighted by Crippen LogP contribution is -2.16. The van der Waals surface area contributed by atoms with Crippen LogP contribution >= 0.6 is 11.8 Å². The highest BCUT2D eigenvalue weighted by Crippen LogP contribution is 2.32. The lowest BCUT2D eigenvalue weighted by Gasteiger charge is -2.10. The van der Waals surface area contributed by atoms with E-state index in [0.29, 0.717) is 0 Å². The normalized spacial score (nSPS) is 14.7. The monoisotopic (exact) mass is 280 g/mol. The minimum Gasteiger partial charge on any atom is -0.288 e. The molecule has 4 nitrogen and oxygen atoms in total. The largest absolute Gasteiger partial charge is 0.288 e. The summed E-state index contributed by atoms with van der Waals surface area (Å²) in [7, 11) is 0. The number of carbonyl (C=O) groups excluding carboxylic acids is 2. The second kappa shape index (κ2) is 5.56. The van der Waals surface area contributed by atoms with Gasteiger partial charge >= 0.3 is 0 Å². The summed E-state index contributed by atoms with van der Waals surface area (Å²) >= 11 is 1.11. The van der Waals surface area contributed by atoms with Crippen molar-refractivity contribution in [2.24, 2.45) is 0 Å². The molecule has 0 saturated heterocycles. The van der Waals surface area contributed by atoms with Crippen LogP contribution in [0.15, 0.2) is 51.3 Å². The van der Waals surface area contributed by atoms with E-state index in [0.717, 1.165) is 28.3 Å². The smallest absolute Gasteiger partial charge is 0.211 e. The minimum atomic E-state index is -0.599. The first-order chi connectivity index (χ1) is 9.56. The number of ketones is 2. The molecule has 0 heterocycles. The highest BCUT2D eigenvalue weighted by Gasteiger charge is 2.29. The van der Waals surface area contributed by atoms with Gasteiger partial charge in [0.2, 0.25) is 5.78 Å². The van der Waals surface area contributed by atoms with E-state index in [4.69, 9.17) is 10.5 Å². The Hall–Kier alpha value is -2.63. The number of benzene rings is 1. The molecule has 96 valence electrons. The summed E-state index contributed by atoms with van der Waals surface area (Å²) in [5, 5.41) is 17.8. The number of aryl methyl sites for hydroxylation is 1. The van der Waals surface area contributed by atoms with Crippen LogP contribution in [0.3, 0.4) is 0 Å². The van der Waals surface area contributed by atoms with Crippen molar-refractivity contribution >= 4 is 23.3 Å². The number of thioether (sulfide) groups is 1. The molecule has 1 aromatic rings. The summed E-state index contributed by atoms with van der Waals surface area (Å²) in [6, 6.07) is 10.7. The highest BCUT2D eigenvalue weighted by molar-refractivity contribution is 8.04. The molecule has 0 atom stereocenters. The second-order valence-electron chi connectivity index (χ2n) is 4.09. The van der Waals surface area contributed by atoms with Gasteiger partial charge in [-0.2, -0.15) is 10.5 Å². The molecule has 0 fully saturated rings. The summed E-state index contributed by atoms with van der Waals surface area (Å²) in [4.78, 5) is 24.7. The van der Waals surface area contributed by atoms with Gasteiger partial charge in [-0.25, -0.2) is 0 Å². The Morgan fingerprint density at radius 3 is 2.15 bits per heavy atom. The van der Waals surface area contributed by atoms with Gasteiger partial charge in [0, 0.05) is 11.0 Å². The van der Waals surface area contributed by atoms with Gasteiger partial charge in [0.25, 0.3) is 0 Å². The number of allylic oxidation sites excluding steroid dienone is 4. The van der Waals surface area contributed by atoms with Gasteiger partial charge in [0.05, 0.1) is 4.91 Å². The number of hydrogen-bond donors (Lipinski definition) is 0. The van der Waals surface area contributed by atoms with Crippen LogP contribution in [0.5, 0.6) is 0 Å². The SMILES string of the molecule is Cc1ccc(SC2=CC(=O)C(C#N)=C(C#N)C2=O)cc1. The number of nitrogens with zero attached hydrogens (tertiary/aromatic N) is 2. The third-order valence-electron chi connectivity index (χ3n) is 2.68. The molecule has 0 bridgehead atoms. The quantitative estimate of drug-likeness (QED) is 0.777. The molecule has 0 unspecified atom stereocenters. The number of hydrogen-bond acceptors (Lipinski definition) is 5. The Labute approximate surface area is 120 Å². The van der Waals surface area contributed by atoms with E-state index >= 15 is 0 Å². The topological polar surface area (TPSA) is 81.7 Å². The van der Waals surface area contributed by atoms with Gasteiger partial charge in [-0.1, -0.05) is 29.5 Å². The van der Waals surface area contributed by atoms with E-state index in [9.17, 15) is 9.59 Å². The maximum atomic E-state index is 12.1. The molecule has 5 heteroatoms. The maximum absolute atomic E-state index is 12.1. The predicted octanol–water partition coefficient (Wildman–Crippen LogP) is 2.47. The highest BCUT2D eigenvalue weighted by atomic mass is 32.2. The fraction of sp³-hybridized carbons (Fsp3) is 0.0667. The summed E-state index contributed by atoms with van der Waals surface area (Å²) in [5.74, 6) is -1.17. The first kappa shape index (κ1) is 13.8. The van der Waals surface area contributed by atoms with Gasteiger partial charge in [-0.15, -0.1) is 0 Å². The van der Waals surface area contributed by atoms with Crippen LogP contribution in [0.4, 0.5) is 0 Å². The van der Waals surface area contributed by atoms with E-state index in [1.807, 2.05) is 31.2 Å². The Bertz CT molecular complexity index is 744. The zero-order chi connectivity index (χ0) is 14.7. The van der Waals surface area contributed by atoms with Gasteiger partial charge in [-0.3, -0.25) is 9.59 Å². The Morgan fingerprint density at radius 1 is 1.00 bits per heavy atom. The minimum absolute atomic E-state index is 0.161. The summed E-state index contributed by atoms with van der Waals surface area (Å²) < 4.78 is 0. The number of Topliss-reactive ketones (excluding diaryl/α,β-unsaturated/α-hetero) is 1. The van der Waals surface area contributed by atoms with Crippen molar-refractivity contribution in [2.75, 3.05) is 0 Å². The lowest BCUT2D eigenvalue weighted by molar-refractivity contribution is -0.114. The molecule has 20 heavy (non-hydrogen) atoms. The molecule has 1 aliphatic carbocycles. The molecule has 0 spiro atoms. The van der Waals surface area contributed by atoms with Gasteiger partial charge < -0.3 is 0 Å². The van der Waals surface area contributed by atoms with Crippen molar-refractivity contribution in [3.8, 4) is 12.1 Å². The van der Waals surface area contributed by atoms with E-state index in [-0.39, 0.29) is 16.1 Å². The van der Waals surface area contributed by atoms with Crippen molar-refractivity contribution in [1.82, 2.24) is 0 Å². The lowest BCUT2D eigenvalue weighted by atomic mass is 9.97. The summed E-state index contributed by atoms with van der Waals surface area (Å²) in [6.45, 7) is 1.94. The van der Waals surface area contributed by atoms with Gasteiger partial charge in [0.15, 0.2) is 5.78 Å². The van der Waals surface area contributed by atoms with Crippen LogP contribution in [-0.4, -0.2) is 11.6 Å². The molecule has 0 radical (unpaired) electrons. The van der Waals surface area contributed by atoms with Crippen LogP contribution in [-0.2, 0) is 9.59 Å². The van der Waals surface area contributed by atoms with Crippen molar-refractivity contribution in [3.63, 3.8) is 0 Å². The molecule has 0 aliphatic heterocycles. The van der Waals surface area contributed by atoms with Crippen LogP contribution in [0.2, 0.25) is 0 Å². The van der Waals surface area contributed by atoms with E-state index in [1.54, 1.807) is 12.1 Å². The second-order valence-corrected chi connectivity index (χ2v) is 5.21. The molecular weight excluding hydrogens is 272 g/mol. The molecule has 1 aromatic carbocycles. The van der Waals surface area contributed by atoms with E-state index in [2.05, 4.69) is 0 Å². The van der Waals surface area contributed by atoms with Crippen LogP contribution in [0, 0.1) is 29.6 Å². The van der Waals surface area contributed by atoms with Crippen molar-refractivity contribution in [3.05, 3.63) is 52.0 Å². The molecule has 1 aliphatic rings. The van der Waals surface area contributed by atoms with Crippen molar-refractivity contribution in [1.29, 1.82) is 10.5 Å². The average Bonchev–Trinajstić information content (AvgIpc) is 2.44. The van der Waals surface area contributed by atoms with Gasteiger partial charge in [-0.05, 0) is 19.1 Å². The Balaban J connectivity index is 2.34. The predicted molar refractivity (Wildman–Crippen MR) is 73.4 cm³/mol. The average molecular weight is 280 g/mol.